The standard InChI is InChI=1S/C29H37N3O2/c1-7-31-19-24(25-10-8-9-11-27(25)31)16-26(29(34)32(17-20(2)3)18-21(4)5)30-28(33)23-14-12-22(6)13-15-23/h8-16,19-21H,7,17-18H2,1-6H3,(H,30,33). The zero-order valence-electron chi connectivity index (χ0n) is 21.3. The molecule has 0 aliphatic carbocycles. The summed E-state index contributed by atoms with van der Waals surface area (Å²) in [6.07, 6.45) is 3.88. The molecule has 5 heteroatoms. The quantitative estimate of drug-likeness (QED) is 0.406. The average molecular weight is 460 g/mol. The number of hydrogen-bond donors (Lipinski definition) is 1. The van der Waals surface area contributed by atoms with E-state index in [4.69, 9.17) is 0 Å². The number of benzene rings is 2. The van der Waals surface area contributed by atoms with E-state index in [9.17, 15) is 9.59 Å². The summed E-state index contributed by atoms with van der Waals surface area (Å²) in [6, 6.07) is 15.5. The van der Waals surface area contributed by atoms with Gasteiger partial charge in [-0.3, -0.25) is 9.59 Å². The molecule has 0 spiro atoms. The molecule has 3 rings (SSSR count). The summed E-state index contributed by atoms with van der Waals surface area (Å²) in [6.45, 7) is 14.6. The summed E-state index contributed by atoms with van der Waals surface area (Å²) >= 11 is 0. The van der Waals surface area contributed by atoms with E-state index in [0.29, 0.717) is 36.2 Å². The van der Waals surface area contributed by atoms with Crippen molar-refractivity contribution in [3.05, 3.63) is 77.1 Å². The van der Waals surface area contributed by atoms with Gasteiger partial charge in [-0.05, 0) is 50.0 Å². The Labute approximate surface area is 203 Å². The normalized spacial score (nSPS) is 11.9. The Bertz CT molecular complexity index is 1160. The maximum atomic E-state index is 13.8. The molecule has 0 aliphatic rings. The van der Waals surface area contributed by atoms with Gasteiger partial charge in [0.25, 0.3) is 11.8 Å². The molecule has 1 aromatic heterocycles. The van der Waals surface area contributed by atoms with Gasteiger partial charge >= 0.3 is 0 Å². The lowest BCUT2D eigenvalue weighted by molar-refractivity contribution is -0.128. The first-order chi connectivity index (χ1) is 16.2. The zero-order chi connectivity index (χ0) is 24.8. The van der Waals surface area contributed by atoms with Crippen LogP contribution >= 0.6 is 0 Å². The van der Waals surface area contributed by atoms with Crippen molar-refractivity contribution in [1.82, 2.24) is 14.8 Å². The fraction of sp³-hybridized carbons (Fsp3) is 0.379. The first kappa shape index (κ1) is 25.3. The second-order valence-electron chi connectivity index (χ2n) is 9.76. The predicted octanol–water partition coefficient (Wildman–Crippen LogP) is 5.88. The monoisotopic (exact) mass is 459 g/mol. The van der Waals surface area contributed by atoms with E-state index in [1.807, 2.05) is 48.4 Å². The van der Waals surface area contributed by atoms with Crippen LogP contribution < -0.4 is 5.32 Å². The largest absolute Gasteiger partial charge is 0.347 e. The van der Waals surface area contributed by atoms with E-state index in [2.05, 4.69) is 56.6 Å². The maximum Gasteiger partial charge on any atom is 0.270 e. The molecule has 0 unspecified atom stereocenters. The van der Waals surface area contributed by atoms with Gasteiger partial charge in [-0.15, -0.1) is 0 Å². The molecular formula is C29H37N3O2. The van der Waals surface area contributed by atoms with Crippen molar-refractivity contribution in [3.8, 4) is 0 Å². The van der Waals surface area contributed by atoms with E-state index in [0.717, 1.165) is 28.6 Å². The van der Waals surface area contributed by atoms with Crippen molar-refractivity contribution in [1.29, 1.82) is 0 Å². The fourth-order valence-electron chi connectivity index (χ4n) is 4.15. The zero-order valence-corrected chi connectivity index (χ0v) is 21.3. The SMILES string of the molecule is CCn1cc(C=C(NC(=O)c2ccc(C)cc2)C(=O)N(CC(C)C)CC(C)C)c2ccccc21. The topological polar surface area (TPSA) is 54.3 Å². The molecule has 0 saturated carbocycles. The summed E-state index contributed by atoms with van der Waals surface area (Å²) in [5.74, 6) is 0.196. The van der Waals surface area contributed by atoms with Crippen molar-refractivity contribution >= 4 is 28.8 Å². The summed E-state index contributed by atoms with van der Waals surface area (Å²) in [7, 11) is 0. The highest BCUT2D eigenvalue weighted by Gasteiger charge is 2.23. The van der Waals surface area contributed by atoms with E-state index < -0.39 is 0 Å². The Morgan fingerprint density at radius 3 is 2.18 bits per heavy atom. The summed E-state index contributed by atoms with van der Waals surface area (Å²) < 4.78 is 2.16. The molecule has 0 bridgehead atoms. The van der Waals surface area contributed by atoms with Gasteiger partial charge in [-0.2, -0.15) is 0 Å². The van der Waals surface area contributed by atoms with Crippen molar-refractivity contribution in [3.63, 3.8) is 0 Å². The van der Waals surface area contributed by atoms with Crippen LogP contribution in [0.1, 0.15) is 56.1 Å². The lowest BCUT2D eigenvalue weighted by Crippen LogP contribution is -2.42. The van der Waals surface area contributed by atoms with Gasteiger partial charge in [0.1, 0.15) is 5.70 Å². The van der Waals surface area contributed by atoms with Crippen LogP contribution in [-0.2, 0) is 11.3 Å². The number of nitrogens with zero attached hydrogens (tertiary/aromatic N) is 2. The van der Waals surface area contributed by atoms with Gasteiger partial charge in [-0.1, -0.05) is 63.6 Å². The Kier molecular flexibility index (Phi) is 8.32. The van der Waals surface area contributed by atoms with Gasteiger partial charge in [0, 0.05) is 47.9 Å². The number of para-hydroxylation sites is 1. The first-order valence-electron chi connectivity index (χ1n) is 12.2. The van der Waals surface area contributed by atoms with Gasteiger partial charge in [-0.25, -0.2) is 0 Å². The smallest absolute Gasteiger partial charge is 0.270 e. The molecule has 0 aliphatic heterocycles. The molecule has 1 heterocycles. The first-order valence-corrected chi connectivity index (χ1v) is 12.2. The second-order valence-corrected chi connectivity index (χ2v) is 9.76. The Morgan fingerprint density at radius 2 is 1.59 bits per heavy atom. The van der Waals surface area contributed by atoms with Crippen LogP contribution in [0.4, 0.5) is 0 Å². The second kappa shape index (κ2) is 11.2. The molecule has 0 atom stereocenters. The highest BCUT2D eigenvalue weighted by Crippen LogP contribution is 2.24. The Balaban J connectivity index is 2.06. The number of carbonyl (C=O) groups excluding carboxylic acids is 2. The Morgan fingerprint density at radius 1 is 0.971 bits per heavy atom. The molecule has 2 aromatic carbocycles. The van der Waals surface area contributed by atoms with Gasteiger partial charge in [0.05, 0.1) is 0 Å². The molecular weight excluding hydrogens is 422 g/mol. The van der Waals surface area contributed by atoms with Crippen LogP contribution in [0.3, 0.4) is 0 Å². The number of hydrogen-bond acceptors (Lipinski definition) is 2. The van der Waals surface area contributed by atoms with Gasteiger partial charge in [0.15, 0.2) is 0 Å². The van der Waals surface area contributed by atoms with Crippen molar-refractivity contribution in [2.75, 3.05) is 13.1 Å². The number of rotatable bonds is 9. The third kappa shape index (κ3) is 6.16. The highest BCUT2D eigenvalue weighted by molar-refractivity contribution is 6.06. The van der Waals surface area contributed by atoms with Crippen LogP contribution in [0.15, 0.2) is 60.4 Å². The molecule has 34 heavy (non-hydrogen) atoms. The molecule has 3 aromatic rings. The third-order valence-electron chi connectivity index (χ3n) is 5.71. The number of amides is 2. The van der Waals surface area contributed by atoms with E-state index in [-0.39, 0.29) is 11.8 Å². The number of aryl methyl sites for hydroxylation is 2. The van der Waals surface area contributed by atoms with Crippen molar-refractivity contribution in [2.45, 2.75) is 48.1 Å². The van der Waals surface area contributed by atoms with Crippen molar-refractivity contribution in [2.24, 2.45) is 11.8 Å². The molecule has 0 saturated heterocycles. The third-order valence-corrected chi connectivity index (χ3v) is 5.71. The molecule has 2 amide bonds. The predicted molar refractivity (Wildman–Crippen MR) is 140 cm³/mol. The number of nitrogens with one attached hydrogen (secondary N) is 1. The minimum Gasteiger partial charge on any atom is -0.347 e. The highest BCUT2D eigenvalue weighted by atomic mass is 16.2. The van der Waals surface area contributed by atoms with E-state index in [1.165, 1.54) is 0 Å². The lowest BCUT2D eigenvalue weighted by atomic mass is 10.1. The lowest BCUT2D eigenvalue weighted by Gasteiger charge is -2.27. The average Bonchev–Trinajstić information content (AvgIpc) is 3.15. The van der Waals surface area contributed by atoms with E-state index >= 15 is 0 Å². The molecule has 0 fully saturated rings. The van der Waals surface area contributed by atoms with Crippen LogP contribution in [0.5, 0.6) is 0 Å². The van der Waals surface area contributed by atoms with Crippen LogP contribution in [-0.4, -0.2) is 34.4 Å². The molecule has 180 valence electrons. The van der Waals surface area contributed by atoms with Crippen LogP contribution in [0, 0.1) is 18.8 Å². The summed E-state index contributed by atoms with van der Waals surface area (Å²) in [5.41, 5.74) is 3.93. The number of aromatic nitrogens is 1. The van der Waals surface area contributed by atoms with Gasteiger partial charge in [0.2, 0.25) is 0 Å². The van der Waals surface area contributed by atoms with Gasteiger partial charge < -0.3 is 14.8 Å². The number of fused-ring (bicyclic) bond motifs is 1. The van der Waals surface area contributed by atoms with Crippen LogP contribution in [0.2, 0.25) is 0 Å². The van der Waals surface area contributed by atoms with E-state index in [1.54, 1.807) is 12.1 Å². The summed E-state index contributed by atoms with van der Waals surface area (Å²) in [5, 5.41) is 4.00. The molecule has 1 N–H and O–H groups in total. The molecule has 0 radical (unpaired) electrons. The minimum atomic E-state index is -0.284. The number of carbonyl (C=O) groups is 2. The minimum absolute atomic E-state index is 0.156. The molecule has 5 nitrogen and oxygen atoms in total. The Hall–Kier alpha value is -3.34. The van der Waals surface area contributed by atoms with Crippen LogP contribution in [0.25, 0.3) is 17.0 Å². The fourth-order valence-corrected chi connectivity index (χ4v) is 4.15. The maximum absolute atomic E-state index is 13.8. The van der Waals surface area contributed by atoms with Crippen molar-refractivity contribution < 1.29 is 9.59 Å². The summed E-state index contributed by atoms with van der Waals surface area (Å²) in [4.78, 5) is 28.8.